The number of carbonyl (C=O) groups is 1. The van der Waals surface area contributed by atoms with Crippen molar-refractivity contribution < 1.29 is 14.3 Å². The molecule has 1 N–H and O–H groups in total. The molecule has 1 fully saturated rings. The Labute approximate surface area is 168 Å². The number of nitrogens with one attached hydrogen (secondary N) is 1. The van der Waals surface area contributed by atoms with Crippen molar-refractivity contribution >= 4 is 11.9 Å². The van der Waals surface area contributed by atoms with E-state index >= 15 is 0 Å². The van der Waals surface area contributed by atoms with E-state index in [2.05, 4.69) is 41.0 Å². The fraction of sp³-hybridized carbons (Fsp3) is 0.667. The molecule has 7 heteroatoms. The molecule has 7 nitrogen and oxygen atoms in total. The maximum absolute atomic E-state index is 11.7. The Morgan fingerprint density at radius 2 is 2.07 bits per heavy atom. The second-order valence-electron chi connectivity index (χ2n) is 7.75. The Morgan fingerprint density at radius 1 is 1.36 bits per heavy atom. The number of aliphatic imine (C=N–C) groups is 1. The van der Waals surface area contributed by atoms with Gasteiger partial charge in [0.15, 0.2) is 5.96 Å². The second kappa shape index (κ2) is 10.9. The van der Waals surface area contributed by atoms with Gasteiger partial charge in [-0.2, -0.15) is 0 Å². The van der Waals surface area contributed by atoms with Crippen LogP contribution in [0.2, 0.25) is 0 Å². The highest BCUT2D eigenvalue weighted by atomic mass is 16.5. The van der Waals surface area contributed by atoms with Crippen LogP contribution in [0.3, 0.4) is 0 Å². The van der Waals surface area contributed by atoms with Gasteiger partial charge in [-0.15, -0.1) is 0 Å². The Morgan fingerprint density at radius 3 is 2.68 bits per heavy atom. The molecule has 0 radical (unpaired) electrons. The molecule has 156 valence electrons. The maximum Gasteiger partial charge on any atom is 0.308 e. The molecule has 0 aliphatic carbocycles. The Hall–Kier alpha value is -2.31. The van der Waals surface area contributed by atoms with E-state index in [0.717, 1.165) is 43.9 Å². The molecular weight excluding hydrogens is 356 g/mol. The van der Waals surface area contributed by atoms with Crippen LogP contribution in [0.1, 0.15) is 45.6 Å². The number of pyridine rings is 1. The van der Waals surface area contributed by atoms with Gasteiger partial charge in [0.25, 0.3) is 0 Å². The van der Waals surface area contributed by atoms with E-state index in [4.69, 9.17) is 9.47 Å². The fourth-order valence-electron chi connectivity index (χ4n) is 3.55. The lowest BCUT2D eigenvalue weighted by Crippen LogP contribution is -2.46. The zero-order chi connectivity index (χ0) is 20.5. The summed E-state index contributed by atoms with van der Waals surface area (Å²) in [6.45, 7) is 8.67. The first kappa shape index (κ1) is 22.0. The molecule has 2 heterocycles. The molecule has 0 spiro atoms. The second-order valence-corrected chi connectivity index (χ2v) is 7.75. The summed E-state index contributed by atoms with van der Waals surface area (Å²) >= 11 is 0. The molecule has 0 amide bonds. The molecule has 1 aromatic heterocycles. The monoisotopic (exact) mass is 390 g/mol. The van der Waals surface area contributed by atoms with Crippen LogP contribution in [0.25, 0.3) is 0 Å². The number of ether oxygens (including phenoxy) is 2. The molecule has 1 aliphatic rings. The van der Waals surface area contributed by atoms with Crippen LogP contribution in [0, 0.1) is 11.8 Å². The van der Waals surface area contributed by atoms with Gasteiger partial charge in [0, 0.05) is 38.9 Å². The van der Waals surface area contributed by atoms with E-state index in [0.29, 0.717) is 18.3 Å². The Bertz CT molecular complexity index is 655. The minimum atomic E-state index is -0.112. The van der Waals surface area contributed by atoms with Crippen molar-refractivity contribution in [3.05, 3.63) is 23.9 Å². The predicted octanol–water partition coefficient (Wildman–Crippen LogP) is 2.86. The van der Waals surface area contributed by atoms with Crippen molar-refractivity contribution in [2.24, 2.45) is 16.8 Å². The standard InChI is InChI=1S/C21H34N4O3/c1-15(2)12-16(3)28-19-13-17(6-9-23-19)14-24-21(22-4)25-10-7-18(8-11-25)20(26)27-5/h6,9,13,15-16,18H,7-8,10-12,14H2,1-5H3,(H,22,24). The number of carbonyl (C=O) groups excluding carboxylic acids is 1. The van der Waals surface area contributed by atoms with Crippen LogP contribution in [0.15, 0.2) is 23.3 Å². The predicted molar refractivity (Wildman–Crippen MR) is 110 cm³/mol. The Balaban J connectivity index is 1.87. The molecular formula is C21H34N4O3. The van der Waals surface area contributed by atoms with Gasteiger partial charge in [0.05, 0.1) is 19.1 Å². The third-order valence-corrected chi connectivity index (χ3v) is 4.92. The fourth-order valence-corrected chi connectivity index (χ4v) is 3.55. The van der Waals surface area contributed by atoms with Gasteiger partial charge in [0.1, 0.15) is 0 Å². The molecule has 0 saturated carbocycles. The Kier molecular flexibility index (Phi) is 8.54. The van der Waals surface area contributed by atoms with Gasteiger partial charge in [-0.05, 0) is 43.7 Å². The first-order valence-corrected chi connectivity index (χ1v) is 10.1. The van der Waals surface area contributed by atoms with Gasteiger partial charge in [0.2, 0.25) is 5.88 Å². The summed E-state index contributed by atoms with van der Waals surface area (Å²) in [5.41, 5.74) is 1.09. The third-order valence-electron chi connectivity index (χ3n) is 4.92. The van der Waals surface area contributed by atoms with Crippen LogP contribution < -0.4 is 10.1 Å². The SMILES string of the molecule is CN=C(NCc1ccnc(OC(C)CC(C)C)c1)N1CCC(C(=O)OC)CC1. The summed E-state index contributed by atoms with van der Waals surface area (Å²) in [5, 5.41) is 3.40. The van der Waals surface area contributed by atoms with E-state index in [1.807, 2.05) is 12.1 Å². The van der Waals surface area contributed by atoms with Crippen molar-refractivity contribution in [3.63, 3.8) is 0 Å². The zero-order valence-corrected chi connectivity index (χ0v) is 17.8. The maximum atomic E-state index is 11.7. The molecule has 1 saturated heterocycles. The number of aromatic nitrogens is 1. The van der Waals surface area contributed by atoms with Gasteiger partial charge < -0.3 is 19.7 Å². The number of piperidine rings is 1. The summed E-state index contributed by atoms with van der Waals surface area (Å²) < 4.78 is 10.8. The summed E-state index contributed by atoms with van der Waals surface area (Å²) in [7, 11) is 3.23. The van der Waals surface area contributed by atoms with Crippen LogP contribution in [-0.2, 0) is 16.1 Å². The first-order chi connectivity index (χ1) is 13.4. The smallest absolute Gasteiger partial charge is 0.308 e. The lowest BCUT2D eigenvalue weighted by Gasteiger charge is -2.33. The van der Waals surface area contributed by atoms with Crippen LogP contribution >= 0.6 is 0 Å². The van der Waals surface area contributed by atoms with E-state index in [-0.39, 0.29) is 18.0 Å². The molecule has 1 atom stereocenters. The number of esters is 1. The largest absolute Gasteiger partial charge is 0.475 e. The highest BCUT2D eigenvalue weighted by Gasteiger charge is 2.26. The molecule has 1 aliphatic heterocycles. The van der Waals surface area contributed by atoms with Crippen LogP contribution in [-0.4, -0.2) is 55.2 Å². The summed E-state index contributed by atoms with van der Waals surface area (Å²) in [4.78, 5) is 22.6. The van der Waals surface area contributed by atoms with E-state index < -0.39 is 0 Å². The normalized spacial score (nSPS) is 16.8. The van der Waals surface area contributed by atoms with E-state index in [1.54, 1.807) is 13.2 Å². The van der Waals surface area contributed by atoms with E-state index in [1.165, 1.54) is 7.11 Å². The van der Waals surface area contributed by atoms with Gasteiger partial charge >= 0.3 is 5.97 Å². The molecule has 0 aromatic carbocycles. The molecule has 0 bridgehead atoms. The number of methoxy groups -OCH3 is 1. The quantitative estimate of drug-likeness (QED) is 0.438. The molecule has 1 unspecified atom stereocenters. The number of hydrogen-bond acceptors (Lipinski definition) is 5. The average Bonchev–Trinajstić information content (AvgIpc) is 2.68. The summed E-state index contributed by atoms with van der Waals surface area (Å²) in [6, 6.07) is 3.95. The van der Waals surface area contributed by atoms with Crippen molar-refractivity contribution in [2.45, 2.75) is 52.7 Å². The number of nitrogens with zero attached hydrogens (tertiary/aromatic N) is 3. The van der Waals surface area contributed by atoms with Crippen molar-refractivity contribution in [1.29, 1.82) is 0 Å². The highest BCUT2D eigenvalue weighted by Crippen LogP contribution is 2.19. The summed E-state index contributed by atoms with van der Waals surface area (Å²) in [5.74, 6) is 1.97. The van der Waals surface area contributed by atoms with Crippen LogP contribution in [0.5, 0.6) is 5.88 Å². The number of likely N-dealkylation sites (tertiary alicyclic amines) is 1. The van der Waals surface area contributed by atoms with Gasteiger partial charge in [-0.1, -0.05) is 13.8 Å². The van der Waals surface area contributed by atoms with Gasteiger partial charge in [-0.25, -0.2) is 4.98 Å². The van der Waals surface area contributed by atoms with Gasteiger partial charge in [-0.3, -0.25) is 9.79 Å². The van der Waals surface area contributed by atoms with Crippen molar-refractivity contribution in [2.75, 3.05) is 27.2 Å². The highest BCUT2D eigenvalue weighted by molar-refractivity contribution is 5.80. The zero-order valence-electron chi connectivity index (χ0n) is 17.8. The van der Waals surface area contributed by atoms with Crippen molar-refractivity contribution in [3.8, 4) is 5.88 Å². The molecule has 2 rings (SSSR count). The first-order valence-electron chi connectivity index (χ1n) is 10.1. The minimum Gasteiger partial charge on any atom is -0.475 e. The lowest BCUT2D eigenvalue weighted by atomic mass is 9.97. The minimum absolute atomic E-state index is 0.00732. The van der Waals surface area contributed by atoms with Crippen LogP contribution in [0.4, 0.5) is 0 Å². The van der Waals surface area contributed by atoms with Crippen molar-refractivity contribution in [1.82, 2.24) is 15.2 Å². The average molecular weight is 391 g/mol. The molecule has 28 heavy (non-hydrogen) atoms. The third kappa shape index (κ3) is 6.69. The number of hydrogen-bond donors (Lipinski definition) is 1. The number of guanidine groups is 1. The number of rotatable bonds is 7. The lowest BCUT2D eigenvalue weighted by molar-refractivity contribution is -0.146. The topological polar surface area (TPSA) is 76.1 Å². The molecule has 1 aromatic rings. The van der Waals surface area contributed by atoms with E-state index in [9.17, 15) is 4.79 Å². The summed E-state index contributed by atoms with van der Waals surface area (Å²) in [6.07, 6.45) is 4.49.